The Kier molecular flexibility index (Phi) is 6.43. The number of aromatic nitrogens is 1. The van der Waals surface area contributed by atoms with Gasteiger partial charge in [0.25, 0.3) is 0 Å². The van der Waals surface area contributed by atoms with Crippen LogP contribution in [0.3, 0.4) is 0 Å². The summed E-state index contributed by atoms with van der Waals surface area (Å²) in [6.07, 6.45) is 2.85. The summed E-state index contributed by atoms with van der Waals surface area (Å²) >= 11 is 3.55. The molecule has 1 aromatic rings. The van der Waals surface area contributed by atoms with Crippen molar-refractivity contribution in [1.82, 2.24) is 9.88 Å². The second-order valence-corrected chi connectivity index (χ2v) is 5.86. The summed E-state index contributed by atoms with van der Waals surface area (Å²) in [5.41, 5.74) is 0.904. The fraction of sp³-hybridized carbons (Fsp3) is 0.615. The molecule has 102 valence electrons. The molecule has 0 amide bonds. The van der Waals surface area contributed by atoms with Gasteiger partial charge in [-0.3, -0.25) is 4.98 Å². The molecule has 0 aromatic carbocycles. The molecule has 0 bridgehead atoms. The minimum atomic E-state index is 0.528. The quantitative estimate of drug-likeness (QED) is 0.724. The van der Waals surface area contributed by atoms with Crippen LogP contribution in [0.1, 0.15) is 19.0 Å². The van der Waals surface area contributed by atoms with Crippen molar-refractivity contribution in [3.8, 4) is 11.5 Å². The molecule has 0 aliphatic heterocycles. The zero-order valence-electron chi connectivity index (χ0n) is 11.4. The Morgan fingerprint density at radius 2 is 2.11 bits per heavy atom. The van der Waals surface area contributed by atoms with Crippen LogP contribution in [0.25, 0.3) is 0 Å². The summed E-state index contributed by atoms with van der Waals surface area (Å²) in [4.78, 5) is 7.12. The largest absolute Gasteiger partial charge is 0.493 e. The van der Waals surface area contributed by atoms with Gasteiger partial charge in [0.1, 0.15) is 5.69 Å². The summed E-state index contributed by atoms with van der Waals surface area (Å²) in [5.74, 6) is 1.45. The van der Waals surface area contributed by atoms with Gasteiger partial charge < -0.3 is 14.4 Å². The van der Waals surface area contributed by atoms with Gasteiger partial charge in [0.2, 0.25) is 0 Å². The standard InChI is InChI=1S/C13H21BrN2O2/c1-10(14)6-8-16(2)9-11-13(18-4)12(17-3)5-7-15-11/h5,7,10H,6,8-9H2,1-4H3. The van der Waals surface area contributed by atoms with Gasteiger partial charge in [-0.05, 0) is 20.0 Å². The SMILES string of the molecule is COc1ccnc(CN(C)CCC(C)Br)c1OC. The number of nitrogens with zero attached hydrogens (tertiary/aromatic N) is 2. The molecular formula is C13H21BrN2O2. The van der Waals surface area contributed by atoms with E-state index in [1.807, 2.05) is 6.07 Å². The average molecular weight is 317 g/mol. The smallest absolute Gasteiger partial charge is 0.183 e. The van der Waals surface area contributed by atoms with Gasteiger partial charge in [-0.15, -0.1) is 0 Å². The van der Waals surface area contributed by atoms with Crippen molar-refractivity contribution in [3.05, 3.63) is 18.0 Å². The molecular weight excluding hydrogens is 296 g/mol. The average Bonchev–Trinajstić information content (AvgIpc) is 2.36. The molecule has 0 fully saturated rings. The summed E-state index contributed by atoms with van der Waals surface area (Å²) in [6.45, 7) is 3.91. The number of hydrogen-bond acceptors (Lipinski definition) is 4. The highest BCUT2D eigenvalue weighted by Gasteiger charge is 2.13. The Morgan fingerprint density at radius 3 is 2.67 bits per heavy atom. The maximum atomic E-state index is 5.37. The summed E-state index contributed by atoms with van der Waals surface area (Å²) in [7, 11) is 5.36. The molecule has 1 rings (SSSR count). The topological polar surface area (TPSA) is 34.6 Å². The van der Waals surface area contributed by atoms with E-state index in [0.29, 0.717) is 4.83 Å². The highest BCUT2D eigenvalue weighted by molar-refractivity contribution is 9.09. The third-order valence-corrected chi connectivity index (χ3v) is 3.15. The predicted octanol–water partition coefficient (Wildman–Crippen LogP) is 2.70. The monoisotopic (exact) mass is 316 g/mol. The fourth-order valence-corrected chi connectivity index (χ4v) is 1.90. The lowest BCUT2D eigenvalue weighted by Crippen LogP contribution is -2.21. The molecule has 1 aromatic heterocycles. The van der Waals surface area contributed by atoms with Crippen LogP contribution in [0.4, 0.5) is 0 Å². The third kappa shape index (κ3) is 4.46. The van der Waals surface area contributed by atoms with Crippen molar-refractivity contribution in [3.63, 3.8) is 0 Å². The van der Waals surface area contributed by atoms with Gasteiger partial charge in [0.05, 0.1) is 14.2 Å². The fourth-order valence-electron chi connectivity index (χ4n) is 1.70. The van der Waals surface area contributed by atoms with Crippen LogP contribution in [0.15, 0.2) is 12.3 Å². The van der Waals surface area contributed by atoms with Crippen LogP contribution < -0.4 is 9.47 Å². The highest BCUT2D eigenvalue weighted by Crippen LogP contribution is 2.29. The van der Waals surface area contributed by atoms with Crippen LogP contribution in [0.2, 0.25) is 0 Å². The molecule has 0 aliphatic rings. The Hall–Kier alpha value is -0.810. The van der Waals surface area contributed by atoms with Gasteiger partial charge in [-0.25, -0.2) is 0 Å². The molecule has 5 heteroatoms. The van der Waals surface area contributed by atoms with Gasteiger partial charge in [0, 0.05) is 23.6 Å². The number of hydrogen-bond donors (Lipinski definition) is 0. The third-order valence-electron chi connectivity index (χ3n) is 2.69. The maximum Gasteiger partial charge on any atom is 0.183 e. The normalized spacial score (nSPS) is 12.6. The molecule has 4 nitrogen and oxygen atoms in total. The summed E-state index contributed by atoms with van der Waals surface area (Å²) in [5, 5.41) is 0. The van der Waals surface area contributed by atoms with Crippen molar-refractivity contribution in [1.29, 1.82) is 0 Å². The Morgan fingerprint density at radius 1 is 1.39 bits per heavy atom. The van der Waals surface area contributed by atoms with E-state index in [4.69, 9.17) is 9.47 Å². The van der Waals surface area contributed by atoms with Crippen molar-refractivity contribution >= 4 is 15.9 Å². The lowest BCUT2D eigenvalue weighted by atomic mass is 10.2. The predicted molar refractivity (Wildman–Crippen MR) is 76.7 cm³/mol. The van der Waals surface area contributed by atoms with E-state index in [0.717, 1.165) is 36.7 Å². The molecule has 0 N–H and O–H groups in total. The van der Waals surface area contributed by atoms with Gasteiger partial charge in [-0.2, -0.15) is 0 Å². The van der Waals surface area contributed by atoms with Crippen LogP contribution in [-0.2, 0) is 6.54 Å². The first-order valence-electron chi connectivity index (χ1n) is 5.97. The zero-order valence-corrected chi connectivity index (χ0v) is 13.0. The Balaban J connectivity index is 2.71. The van der Waals surface area contributed by atoms with Crippen LogP contribution >= 0.6 is 15.9 Å². The second kappa shape index (κ2) is 7.59. The first-order chi connectivity index (χ1) is 8.58. The summed E-state index contributed by atoms with van der Waals surface area (Å²) in [6, 6.07) is 1.81. The molecule has 1 unspecified atom stereocenters. The van der Waals surface area contributed by atoms with Crippen LogP contribution in [0.5, 0.6) is 11.5 Å². The molecule has 18 heavy (non-hydrogen) atoms. The zero-order chi connectivity index (χ0) is 13.5. The van der Waals surface area contributed by atoms with Crippen molar-refractivity contribution in [2.75, 3.05) is 27.8 Å². The van der Waals surface area contributed by atoms with Gasteiger partial charge >= 0.3 is 0 Å². The number of alkyl halides is 1. The molecule has 0 aliphatic carbocycles. The first kappa shape index (κ1) is 15.2. The number of halogens is 1. The molecule has 0 radical (unpaired) electrons. The Labute approximate surface area is 117 Å². The molecule has 0 saturated heterocycles. The van der Waals surface area contributed by atoms with E-state index in [9.17, 15) is 0 Å². The van der Waals surface area contributed by atoms with Crippen LogP contribution in [0, 0.1) is 0 Å². The minimum Gasteiger partial charge on any atom is -0.493 e. The molecule has 0 spiro atoms. The van der Waals surface area contributed by atoms with E-state index in [1.54, 1.807) is 20.4 Å². The second-order valence-electron chi connectivity index (χ2n) is 4.30. The van der Waals surface area contributed by atoms with Crippen LogP contribution in [-0.4, -0.2) is 42.5 Å². The molecule has 0 saturated carbocycles. The highest BCUT2D eigenvalue weighted by atomic mass is 79.9. The first-order valence-corrected chi connectivity index (χ1v) is 6.88. The van der Waals surface area contributed by atoms with Crippen molar-refractivity contribution in [2.24, 2.45) is 0 Å². The molecule has 1 heterocycles. The van der Waals surface area contributed by atoms with E-state index < -0.39 is 0 Å². The van der Waals surface area contributed by atoms with Gasteiger partial charge in [0.15, 0.2) is 11.5 Å². The lowest BCUT2D eigenvalue weighted by Gasteiger charge is -2.19. The summed E-state index contributed by atoms with van der Waals surface area (Å²) < 4.78 is 10.6. The lowest BCUT2D eigenvalue weighted by molar-refractivity contribution is 0.301. The Bertz CT molecular complexity index is 372. The minimum absolute atomic E-state index is 0.528. The maximum absolute atomic E-state index is 5.37. The van der Waals surface area contributed by atoms with Crippen molar-refractivity contribution in [2.45, 2.75) is 24.7 Å². The van der Waals surface area contributed by atoms with Gasteiger partial charge in [-0.1, -0.05) is 22.9 Å². The molecule has 1 atom stereocenters. The van der Waals surface area contributed by atoms with E-state index in [2.05, 4.69) is 39.8 Å². The van der Waals surface area contributed by atoms with E-state index in [1.165, 1.54) is 0 Å². The number of rotatable bonds is 7. The number of methoxy groups -OCH3 is 2. The number of ether oxygens (including phenoxy) is 2. The number of pyridine rings is 1. The van der Waals surface area contributed by atoms with E-state index >= 15 is 0 Å². The van der Waals surface area contributed by atoms with Crippen molar-refractivity contribution < 1.29 is 9.47 Å². The van der Waals surface area contributed by atoms with E-state index in [-0.39, 0.29) is 0 Å².